The van der Waals surface area contributed by atoms with Crippen molar-refractivity contribution >= 4 is 34.8 Å². The molecule has 0 aliphatic heterocycles. The molecule has 5 heteroatoms. The van der Waals surface area contributed by atoms with Crippen LogP contribution in [0.4, 0.5) is 0 Å². The number of ether oxygens (including phenoxy) is 1. The molecule has 0 fully saturated rings. The Kier molecular flexibility index (Phi) is 4.70. The molecule has 1 aromatic carbocycles. The predicted octanol–water partition coefficient (Wildman–Crippen LogP) is 4.71. The fraction of sp³-hybridized carbons (Fsp3) is 0.154. The quantitative estimate of drug-likeness (QED) is 0.763. The van der Waals surface area contributed by atoms with Crippen LogP contribution in [0.2, 0.25) is 10.0 Å². The molecule has 0 saturated heterocycles. The summed E-state index contributed by atoms with van der Waals surface area (Å²) < 4.78 is 5.53. The monoisotopic (exact) mass is 301 g/mol. The van der Waals surface area contributed by atoms with E-state index in [0.717, 1.165) is 11.1 Å². The molecule has 0 N–H and O–H groups in total. The third-order valence-corrected chi connectivity index (χ3v) is 3.14. The van der Waals surface area contributed by atoms with Crippen molar-refractivity contribution < 1.29 is 4.74 Å². The van der Waals surface area contributed by atoms with Gasteiger partial charge in [-0.05, 0) is 29.3 Å². The molecule has 0 saturated carbocycles. The summed E-state index contributed by atoms with van der Waals surface area (Å²) in [5.41, 5.74) is 1.86. The molecule has 2 rings (SSSR count). The fourth-order valence-electron chi connectivity index (χ4n) is 1.38. The molecule has 0 atom stereocenters. The van der Waals surface area contributed by atoms with Crippen molar-refractivity contribution in [3.05, 3.63) is 57.7 Å². The van der Waals surface area contributed by atoms with Gasteiger partial charge < -0.3 is 4.74 Å². The van der Waals surface area contributed by atoms with Crippen LogP contribution in [-0.2, 0) is 12.5 Å². The first-order valence-electron chi connectivity index (χ1n) is 5.26. The van der Waals surface area contributed by atoms with Gasteiger partial charge >= 0.3 is 0 Å². The second-order valence-corrected chi connectivity index (χ2v) is 4.79. The average Bonchev–Trinajstić information content (AvgIpc) is 2.39. The van der Waals surface area contributed by atoms with Crippen LogP contribution in [-0.4, -0.2) is 4.98 Å². The van der Waals surface area contributed by atoms with Gasteiger partial charge in [0.1, 0.15) is 11.6 Å². The van der Waals surface area contributed by atoms with Gasteiger partial charge in [-0.3, -0.25) is 0 Å². The Balaban J connectivity index is 2.04. The second-order valence-electron chi connectivity index (χ2n) is 3.68. The van der Waals surface area contributed by atoms with Crippen molar-refractivity contribution in [1.82, 2.24) is 4.98 Å². The highest BCUT2D eigenvalue weighted by Crippen LogP contribution is 2.24. The van der Waals surface area contributed by atoms with E-state index >= 15 is 0 Å². The number of halogens is 3. The number of alkyl halides is 1. The van der Waals surface area contributed by atoms with Gasteiger partial charge in [-0.25, -0.2) is 4.98 Å². The van der Waals surface area contributed by atoms with E-state index < -0.39 is 0 Å². The number of benzene rings is 1. The Morgan fingerprint density at radius 2 is 1.78 bits per heavy atom. The highest BCUT2D eigenvalue weighted by molar-refractivity contribution is 6.32. The molecule has 18 heavy (non-hydrogen) atoms. The minimum atomic E-state index is 0.379. The first-order chi connectivity index (χ1) is 8.69. The number of nitrogens with zero attached hydrogens (tertiary/aromatic N) is 1. The molecule has 1 aromatic heterocycles. The van der Waals surface area contributed by atoms with Gasteiger partial charge in [0, 0.05) is 17.1 Å². The lowest BCUT2D eigenvalue weighted by Crippen LogP contribution is -1.98. The maximum Gasteiger partial charge on any atom is 0.232 e. The summed E-state index contributed by atoms with van der Waals surface area (Å²) in [5, 5.41) is 1.16. The van der Waals surface area contributed by atoms with E-state index in [1.54, 1.807) is 12.3 Å². The van der Waals surface area contributed by atoms with E-state index in [1.807, 2.05) is 24.3 Å². The minimum Gasteiger partial charge on any atom is -0.472 e. The molecule has 1 heterocycles. The molecule has 0 radical (unpaired) electrons. The van der Waals surface area contributed by atoms with Crippen LogP contribution in [0.3, 0.4) is 0 Å². The van der Waals surface area contributed by atoms with E-state index in [1.165, 1.54) is 0 Å². The van der Waals surface area contributed by atoms with Crippen molar-refractivity contribution in [2.24, 2.45) is 0 Å². The first-order valence-corrected chi connectivity index (χ1v) is 6.55. The third kappa shape index (κ3) is 3.52. The zero-order valence-corrected chi connectivity index (χ0v) is 11.6. The van der Waals surface area contributed by atoms with Crippen molar-refractivity contribution in [2.75, 3.05) is 0 Å². The number of hydrogen-bond donors (Lipinski definition) is 0. The van der Waals surface area contributed by atoms with Gasteiger partial charge in [0.2, 0.25) is 5.88 Å². The van der Waals surface area contributed by atoms with Crippen LogP contribution < -0.4 is 4.74 Å². The summed E-state index contributed by atoms with van der Waals surface area (Å²) in [6.45, 7) is 0.393. The van der Waals surface area contributed by atoms with Gasteiger partial charge in [-0.1, -0.05) is 35.3 Å². The molecule has 2 nitrogen and oxygen atoms in total. The van der Waals surface area contributed by atoms with E-state index in [2.05, 4.69) is 4.98 Å². The molecule has 0 unspecified atom stereocenters. The fourth-order valence-corrected chi connectivity index (χ4v) is 1.89. The Morgan fingerprint density at radius 3 is 2.39 bits per heavy atom. The smallest absolute Gasteiger partial charge is 0.232 e. The lowest BCUT2D eigenvalue weighted by Gasteiger charge is -2.07. The van der Waals surface area contributed by atoms with Crippen LogP contribution in [0, 0.1) is 0 Å². The maximum atomic E-state index is 6.03. The highest BCUT2D eigenvalue weighted by atomic mass is 35.5. The number of pyridine rings is 1. The predicted molar refractivity (Wildman–Crippen MR) is 74.6 cm³/mol. The van der Waals surface area contributed by atoms with Gasteiger partial charge in [0.25, 0.3) is 0 Å². The second kappa shape index (κ2) is 6.28. The van der Waals surface area contributed by atoms with Gasteiger partial charge in [0.05, 0.1) is 0 Å². The van der Waals surface area contributed by atoms with Crippen LogP contribution in [0.1, 0.15) is 11.1 Å². The summed E-state index contributed by atoms with van der Waals surface area (Å²) >= 11 is 17.5. The standard InChI is InChI=1S/C13H10Cl3NO/c14-6-10-5-12(16)13(17-7-10)18-8-9-1-3-11(15)4-2-9/h1-5,7H,6,8H2. The van der Waals surface area contributed by atoms with E-state index in [9.17, 15) is 0 Å². The molecular formula is C13H10Cl3NO. The van der Waals surface area contributed by atoms with E-state index in [4.69, 9.17) is 39.5 Å². The summed E-state index contributed by atoms with van der Waals surface area (Å²) in [4.78, 5) is 4.12. The molecule has 0 spiro atoms. The SMILES string of the molecule is ClCc1cnc(OCc2ccc(Cl)cc2)c(Cl)c1. The number of hydrogen-bond acceptors (Lipinski definition) is 2. The van der Waals surface area contributed by atoms with Crippen molar-refractivity contribution in [3.63, 3.8) is 0 Å². The summed E-state index contributed by atoms with van der Waals surface area (Å²) in [6.07, 6.45) is 1.65. The van der Waals surface area contributed by atoms with Gasteiger partial charge in [0.15, 0.2) is 0 Å². The number of aromatic nitrogens is 1. The Hall–Kier alpha value is -0.960. The van der Waals surface area contributed by atoms with Gasteiger partial charge in [-0.2, -0.15) is 0 Å². The van der Waals surface area contributed by atoms with Crippen LogP contribution in [0.5, 0.6) is 5.88 Å². The Bertz CT molecular complexity index is 528. The molecule has 2 aromatic rings. The largest absolute Gasteiger partial charge is 0.472 e. The van der Waals surface area contributed by atoms with E-state index in [0.29, 0.717) is 28.4 Å². The van der Waals surface area contributed by atoms with Crippen molar-refractivity contribution in [2.45, 2.75) is 12.5 Å². The molecule has 94 valence electrons. The van der Waals surface area contributed by atoms with Crippen LogP contribution >= 0.6 is 34.8 Å². The molecule has 0 bridgehead atoms. The van der Waals surface area contributed by atoms with Gasteiger partial charge in [-0.15, -0.1) is 11.6 Å². The summed E-state index contributed by atoms with van der Waals surface area (Å²) in [6, 6.07) is 9.16. The van der Waals surface area contributed by atoms with Crippen LogP contribution in [0.25, 0.3) is 0 Å². The first kappa shape index (κ1) is 13.5. The highest BCUT2D eigenvalue weighted by Gasteiger charge is 2.05. The van der Waals surface area contributed by atoms with E-state index in [-0.39, 0.29) is 0 Å². The normalized spacial score (nSPS) is 10.4. The third-order valence-electron chi connectivity index (χ3n) is 2.31. The summed E-state index contributed by atoms with van der Waals surface area (Å²) in [7, 11) is 0. The Morgan fingerprint density at radius 1 is 1.06 bits per heavy atom. The maximum absolute atomic E-state index is 6.03. The lowest BCUT2D eigenvalue weighted by molar-refractivity contribution is 0.294. The van der Waals surface area contributed by atoms with Crippen molar-refractivity contribution in [1.29, 1.82) is 0 Å². The molecular weight excluding hydrogens is 293 g/mol. The zero-order chi connectivity index (χ0) is 13.0. The lowest BCUT2D eigenvalue weighted by atomic mass is 10.2. The zero-order valence-electron chi connectivity index (χ0n) is 9.37. The van der Waals surface area contributed by atoms with Crippen LogP contribution in [0.15, 0.2) is 36.5 Å². The topological polar surface area (TPSA) is 22.1 Å². The molecule has 0 aliphatic carbocycles. The minimum absolute atomic E-state index is 0.379. The Labute approximate surface area is 120 Å². The summed E-state index contributed by atoms with van der Waals surface area (Å²) in [5.74, 6) is 0.782. The average molecular weight is 303 g/mol. The number of rotatable bonds is 4. The molecule has 0 aliphatic rings. The van der Waals surface area contributed by atoms with Crippen molar-refractivity contribution in [3.8, 4) is 5.88 Å². The molecule has 0 amide bonds.